The molecular formula is C11H14NO4S-. The zero-order valence-corrected chi connectivity index (χ0v) is 10.2. The van der Waals surface area contributed by atoms with E-state index in [1.807, 2.05) is 0 Å². The number of carbonyl (C=O) groups excluding carboxylic acids is 1. The topological polar surface area (TPSA) is 86.3 Å². The molecule has 1 atom stereocenters. The van der Waals surface area contributed by atoms with Gasteiger partial charge in [-0.15, -0.1) is 0 Å². The van der Waals surface area contributed by atoms with Crippen LogP contribution < -0.4 is 5.32 Å². The van der Waals surface area contributed by atoms with Gasteiger partial charge in [0, 0.05) is 25.1 Å². The average molecular weight is 256 g/mol. The van der Waals surface area contributed by atoms with Crippen LogP contribution in [0.4, 0.5) is 0 Å². The summed E-state index contributed by atoms with van der Waals surface area (Å²) in [6, 6.07) is 8.78. The van der Waals surface area contributed by atoms with Crippen molar-refractivity contribution in [3.8, 4) is 0 Å². The summed E-state index contributed by atoms with van der Waals surface area (Å²) in [5.74, 6) is -1.28. The predicted octanol–water partition coefficient (Wildman–Crippen LogP) is 0.451. The van der Waals surface area contributed by atoms with Crippen molar-refractivity contribution in [1.29, 1.82) is 0 Å². The fourth-order valence-electron chi connectivity index (χ4n) is 1.51. The summed E-state index contributed by atoms with van der Waals surface area (Å²) in [7, 11) is -4.32. The Balaban J connectivity index is 2.83. The van der Waals surface area contributed by atoms with Gasteiger partial charge in [0.05, 0.1) is 10.1 Å². The second-order valence-electron chi connectivity index (χ2n) is 3.77. The summed E-state index contributed by atoms with van der Waals surface area (Å²) in [6.07, 6.45) is 0. The molecule has 1 N–H and O–H groups in total. The quantitative estimate of drug-likeness (QED) is 0.775. The minimum Gasteiger partial charge on any atom is -0.748 e. The van der Waals surface area contributed by atoms with E-state index in [1.165, 1.54) is 6.92 Å². The Morgan fingerprint density at radius 3 is 2.41 bits per heavy atom. The van der Waals surface area contributed by atoms with Crippen LogP contribution in [-0.2, 0) is 14.9 Å². The predicted molar refractivity (Wildman–Crippen MR) is 62.4 cm³/mol. The van der Waals surface area contributed by atoms with Crippen molar-refractivity contribution in [1.82, 2.24) is 5.32 Å². The molecule has 0 fully saturated rings. The molecule has 0 aliphatic carbocycles. The minimum absolute atomic E-state index is 0.140. The van der Waals surface area contributed by atoms with E-state index in [9.17, 15) is 17.8 Å². The molecule has 6 heteroatoms. The Morgan fingerprint density at radius 2 is 1.94 bits per heavy atom. The van der Waals surface area contributed by atoms with E-state index in [-0.39, 0.29) is 12.5 Å². The lowest BCUT2D eigenvalue weighted by atomic mass is 10.0. The highest BCUT2D eigenvalue weighted by atomic mass is 32.2. The largest absolute Gasteiger partial charge is 0.748 e. The van der Waals surface area contributed by atoms with Gasteiger partial charge in [-0.05, 0) is 5.56 Å². The summed E-state index contributed by atoms with van der Waals surface area (Å²) >= 11 is 0. The van der Waals surface area contributed by atoms with Crippen LogP contribution in [0.2, 0.25) is 0 Å². The van der Waals surface area contributed by atoms with Gasteiger partial charge in [0.2, 0.25) is 5.91 Å². The van der Waals surface area contributed by atoms with Crippen molar-refractivity contribution in [2.75, 3.05) is 12.3 Å². The first kappa shape index (κ1) is 13.7. The molecule has 1 amide bonds. The van der Waals surface area contributed by atoms with Crippen LogP contribution in [0.15, 0.2) is 30.3 Å². The summed E-state index contributed by atoms with van der Waals surface area (Å²) in [5.41, 5.74) is 0.723. The van der Waals surface area contributed by atoms with Gasteiger partial charge in [-0.25, -0.2) is 8.42 Å². The van der Waals surface area contributed by atoms with Crippen LogP contribution in [0.5, 0.6) is 0 Å². The Hall–Kier alpha value is -1.40. The second kappa shape index (κ2) is 5.79. The third kappa shape index (κ3) is 5.46. The molecule has 1 aromatic rings. The molecule has 1 aromatic carbocycles. The van der Waals surface area contributed by atoms with E-state index >= 15 is 0 Å². The van der Waals surface area contributed by atoms with Gasteiger partial charge >= 0.3 is 0 Å². The minimum atomic E-state index is -4.32. The molecule has 1 unspecified atom stereocenters. The Labute approximate surface area is 101 Å². The highest BCUT2D eigenvalue weighted by Crippen LogP contribution is 2.16. The van der Waals surface area contributed by atoms with Gasteiger partial charge in [0.1, 0.15) is 0 Å². The maximum absolute atomic E-state index is 10.8. The first-order chi connectivity index (χ1) is 7.88. The van der Waals surface area contributed by atoms with Gasteiger partial charge < -0.3 is 9.87 Å². The van der Waals surface area contributed by atoms with Crippen molar-refractivity contribution in [2.24, 2.45) is 0 Å². The first-order valence-corrected chi connectivity index (χ1v) is 6.69. The maximum Gasteiger partial charge on any atom is 0.216 e. The van der Waals surface area contributed by atoms with Crippen LogP contribution in [0.1, 0.15) is 18.4 Å². The van der Waals surface area contributed by atoms with E-state index in [0.717, 1.165) is 5.56 Å². The number of amides is 1. The molecule has 0 radical (unpaired) electrons. The highest BCUT2D eigenvalue weighted by molar-refractivity contribution is 7.85. The molecule has 0 aromatic heterocycles. The molecule has 17 heavy (non-hydrogen) atoms. The highest BCUT2D eigenvalue weighted by Gasteiger charge is 2.15. The van der Waals surface area contributed by atoms with E-state index < -0.39 is 21.8 Å². The number of hydrogen-bond acceptors (Lipinski definition) is 4. The van der Waals surface area contributed by atoms with E-state index in [4.69, 9.17) is 0 Å². The van der Waals surface area contributed by atoms with Crippen LogP contribution in [0.3, 0.4) is 0 Å². The number of carbonyl (C=O) groups is 1. The fourth-order valence-corrected chi connectivity index (χ4v) is 2.31. The lowest BCUT2D eigenvalue weighted by molar-refractivity contribution is -0.119. The van der Waals surface area contributed by atoms with Crippen molar-refractivity contribution < 1.29 is 17.8 Å². The van der Waals surface area contributed by atoms with Gasteiger partial charge in [-0.2, -0.15) is 0 Å². The molecule has 0 spiro atoms. The Bertz CT molecular complexity index is 470. The third-order valence-corrected chi connectivity index (χ3v) is 3.08. The summed E-state index contributed by atoms with van der Waals surface area (Å²) in [6.45, 7) is 1.48. The molecule has 0 heterocycles. The van der Waals surface area contributed by atoms with Crippen molar-refractivity contribution >= 4 is 16.0 Å². The van der Waals surface area contributed by atoms with Crippen LogP contribution in [-0.4, -0.2) is 31.2 Å². The number of rotatable bonds is 5. The average Bonchev–Trinajstić information content (AvgIpc) is 2.24. The number of hydrogen-bond donors (Lipinski definition) is 1. The first-order valence-electron chi connectivity index (χ1n) is 5.11. The van der Waals surface area contributed by atoms with Crippen molar-refractivity contribution in [3.63, 3.8) is 0 Å². The van der Waals surface area contributed by atoms with Gasteiger partial charge in [0.25, 0.3) is 0 Å². The summed E-state index contributed by atoms with van der Waals surface area (Å²) < 4.78 is 32.4. The molecule has 0 aliphatic rings. The molecule has 0 aliphatic heterocycles. The number of benzene rings is 1. The normalized spacial score (nSPS) is 13.1. The summed E-state index contributed by atoms with van der Waals surface area (Å²) in [4.78, 5) is 10.8. The van der Waals surface area contributed by atoms with E-state index in [0.29, 0.717) is 0 Å². The molecular weight excluding hydrogens is 242 g/mol. The molecule has 0 saturated heterocycles. The standard InChI is InChI=1S/C11H15NO4S/c1-9(13)12-7-11(8-17(14,15)16)10-5-3-2-4-6-10/h2-6,11H,7-8H2,1H3,(H,12,13)(H,14,15,16)/p-1. The maximum atomic E-state index is 10.8. The van der Waals surface area contributed by atoms with Crippen LogP contribution in [0, 0.1) is 0 Å². The zero-order chi connectivity index (χ0) is 12.9. The monoisotopic (exact) mass is 256 g/mol. The third-order valence-electron chi connectivity index (χ3n) is 2.27. The summed E-state index contributed by atoms with van der Waals surface area (Å²) in [5, 5.41) is 2.52. The van der Waals surface area contributed by atoms with Gasteiger partial charge in [-0.3, -0.25) is 4.79 Å². The zero-order valence-electron chi connectivity index (χ0n) is 9.42. The van der Waals surface area contributed by atoms with E-state index in [1.54, 1.807) is 30.3 Å². The van der Waals surface area contributed by atoms with Crippen LogP contribution in [0.25, 0.3) is 0 Å². The smallest absolute Gasteiger partial charge is 0.216 e. The van der Waals surface area contributed by atoms with Gasteiger partial charge in [0.15, 0.2) is 0 Å². The molecule has 0 saturated carbocycles. The van der Waals surface area contributed by atoms with Crippen molar-refractivity contribution in [2.45, 2.75) is 12.8 Å². The molecule has 0 bridgehead atoms. The second-order valence-corrected chi connectivity index (χ2v) is 5.22. The van der Waals surface area contributed by atoms with E-state index in [2.05, 4.69) is 5.32 Å². The Kier molecular flexibility index (Phi) is 4.65. The lowest BCUT2D eigenvalue weighted by Crippen LogP contribution is -2.29. The Morgan fingerprint density at radius 1 is 1.35 bits per heavy atom. The van der Waals surface area contributed by atoms with Crippen molar-refractivity contribution in [3.05, 3.63) is 35.9 Å². The fraction of sp³-hybridized carbons (Fsp3) is 0.364. The van der Waals surface area contributed by atoms with Gasteiger partial charge in [-0.1, -0.05) is 30.3 Å². The number of nitrogens with one attached hydrogen (secondary N) is 1. The SMILES string of the molecule is CC(=O)NCC(CS(=O)(=O)[O-])c1ccccc1. The molecule has 1 rings (SSSR count). The molecule has 94 valence electrons. The lowest BCUT2D eigenvalue weighted by Gasteiger charge is -2.19. The van der Waals surface area contributed by atoms with Crippen LogP contribution >= 0.6 is 0 Å². The molecule has 5 nitrogen and oxygen atoms in total.